The van der Waals surface area contributed by atoms with Crippen LogP contribution in [0.2, 0.25) is 0 Å². The first-order chi connectivity index (χ1) is 12.5. The molecule has 3 aromatic carbocycles. The summed E-state index contributed by atoms with van der Waals surface area (Å²) < 4.78 is 68.2. The first-order valence-corrected chi connectivity index (χ1v) is 9.86. The van der Waals surface area contributed by atoms with Gasteiger partial charge < -0.3 is 4.74 Å². The van der Waals surface area contributed by atoms with Crippen LogP contribution in [0.25, 0.3) is 21.5 Å². The summed E-state index contributed by atoms with van der Waals surface area (Å²) in [6.07, 6.45) is -3.56. The summed E-state index contributed by atoms with van der Waals surface area (Å²) in [5.41, 5.74) is -0.762. The van der Waals surface area contributed by atoms with Crippen LogP contribution < -0.4 is 0 Å². The van der Waals surface area contributed by atoms with E-state index < -0.39 is 27.5 Å². The van der Waals surface area contributed by atoms with E-state index in [9.17, 15) is 26.4 Å². The van der Waals surface area contributed by atoms with Crippen molar-refractivity contribution in [2.24, 2.45) is 0 Å². The van der Waals surface area contributed by atoms with Gasteiger partial charge >= 0.3 is 12.1 Å². The molecule has 0 aliphatic rings. The Morgan fingerprint density at radius 2 is 1.70 bits per heavy atom. The van der Waals surface area contributed by atoms with Crippen LogP contribution in [0.5, 0.6) is 0 Å². The van der Waals surface area contributed by atoms with Gasteiger partial charge in [0.2, 0.25) is 0 Å². The average molecular weight is 396 g/mol. The van der Waals surface area contributed by atoms with Crippen LogP contribution in [0, 0.1) is 0 Å². The molecule has 3 aromatic rings. The van der Waals surface area contributed by atoms with Crippen molar-refractivity contribution in [2.45, 2.75) is 18.0 Å². The number of hydrogen-bond donors (Lipinski definition) is 0. The van der Waals surface area contributed by atoms with E-state index in [0.717, 1.165) is 18.4 Å². The normalized spacial score (nSPS) is 12.5. The van der Waals surface area contributed by atoms with Gasteiger partial charge in [0.1, 0.15) is 0 Å². The number of ether oxygens (including phenoxy) is 1. The van der Waals surface area contributed by atoms with E-state index in [1.54, 1.807) is 6.92 Å². The zero-order valence-electron chi connectivity index (χ0n) is 14.4. The number of benzene rings is 3. The minimum absolute atomic E-state index is 0.0161. The Kier molecular flexibility index (Phi) is 4.63. The van der Waals surface area contributed by atoms with E-state index in [0.29, 0.717) is 10.8 Å². The molecule has 0 aliphatic carbocycles. The Bertz CT molecular complexity index is 1160. The summed E-state index contributed by atoms with van der Waals surface area (Å²) in [6.45, 7) is 1.74. The summed E-state index contributed by atoms with van der Waals surface area (Å²) >= 11 is 0. The monoisotopic (exact) mass is 396 g/mol. The molecule has 0 spiro atoms. The Hall–Kier alpha value is -2.61. The second-order valence-corrected chi connectivity index (χ2v) is 8.07. The summed E-state index contributed by atoms with van der Waals surface area (Å²) in [7, 11) is -3.55. The minimum Gasteiger partial charge on any atom is -0.462 e. The van der Waals surface area contributed by atoms with Gasteiger partial charge in [-0.2, -0.15) is 13.2 Å². The molecule has 0 fully saturated rings. The summed E-state index contributed by atoms with van der Waals surface area (Å²) in [5, 5.41) is 1.15. The third kappa shape index (κ3) is 3.62. The number of halogens is 3. The zero-order chi connectivity index (χ0) is 20.0. The van der Waals surface area contributed by atoms with Crippen molar-refractivity contribution in [2.75, 3.05) is 12.9 Å². The predicted octanol–water partition coefficient (Wildman–Crippen LogP) is 4.59. The molecular weight excluding hydrogens is 381 g/mol. The van der Waals surface area contributed by atoms with E-state index in [1.807, 2.05) is 0 Å². The first-order valence-electron chi connectivity index (χ1n) is 7.97. The molecule has 142 valence electrons. The molecule has 0 heterocycles. The van der Waals surface area contributed by atoms with Gasteiger partial charge in [0.25, 0.3) is 0 Å². The molecule has 0 aliphatic heterocycles. The standard InChI is InChI=1S/C19H15F3O4S/c1-3-26-18(23)17-8-11-4-6-13(27(2,24)25)10-15(11)16-9-12(19(20,21)22)5-7-14(16)17/h4-10H,3H2,1-2H3. The van der Waals surface area contributed by atoms with Crippen molar-refractivity contribution in [1.82, 2.24) is 0 Å². The minimum atomic E-state index is -4.57. The highest BCUT2D eigenvalue weighted by Crippen LogP contribution is 2.36. The maximum absolute atomic E-state index is 13.2. The highest BCUT2D eigenvalue weighted by atomic mass is 32.2. The van der Waals surface area contributed by atoms with Gasteiger partial charge in [0, 0.05) is 6.26 Å². The molecule has 0 amide bonds. The molecular formula is C19H15F3O4S. The fourth-order valence-corrected chi connectivity index (χ4v) is 3.56. The SMILES string of the molecule is CCOC(=O)c1cc2ccc(S(C)(=O)=O)cc2c2cc(C(F)(F)F)ccc12. The van der Waals surface area contributed by atoms with Gasteiger partial charge in [-0.05, 0) is 58.8 Å². The molecule has 0 radical (unpaired) electrons. The highest BCUT2D eigenvalue weighted by Gasteiger charge is 2.31. The van der Waals surface area contributed by atoms with Gasteiger partial charge in [0.15, 0.2) is 9.84 Å². The van der Waals surface area contributed by atoms with E-state index in [1.165, 1.54) is 30.3 Å². The number of alkyl halides is 3. The molecule has 0 saturated heterocycles. The molecule has 0 bridgehead atoms. The van der Waals surface area contributed by atoms with Crippen molar-refractivity contribution in [3.05, 3.63) is 53.6 Å². The summed E-state index contributed by atoms with van der Waals surface area (Å²) in [6, 6.07) is 8.65. The zero-order valence-corrected chi connectivity index (χ0v) is 15.2. The van der Waals surface area contributed by atoms with Crippen LogP contribution in [0.15, 0.2) is 47.4 Å². The van der Waals surface area contributed by atoms with Crippen LogP contribution in [-0.2, 0) is 20.8 Å². The topological polar surface area (TPSA) is 60.4 Å². The molecule has 0 N–H and O–H groups in total. The van der Waals surface area contributed by atoms with Gasteiger partial charge in [-0.1, -0.05) is 12.1 Å². The molecule has 0 unspecified atom stereocenters. The summed E-state index contributed by atoms with van der Waals surface area (Å²) in [4.78, 5) is 12.3. The smallest absolute Gasteiger partial charge is 0.416 e. The van der Waals surface area contributed by atoms with Crippen LogP contribution in [-0.4, -0.2) is 27.2 Å². The van der Waals surface area contributed by atoms with Crippen molar-refractivity contribution in [3.8, 4) is 0 Å². The quantitative estimate of drug-likeness (QED) is 0.480. The largest absolute Gasteiger partial charge is 0.462 e. The second-order valence-electron chi connectivity index (χ2n) is 6.06. The average Bonchev–Trinajstić information content (AvgIpc) is 2.58. The van der Waals surface area contributed by atoms with Gasteiger partial charge in [-0.3, -0.25) is 0 Å². The lowest BCUT2D eigenvalue weighted by atomic mass is 9.95. The number of fused-ring (bicyclic) bond motifs is 3. The van der Waals surface area contributed by atoms with E-state index >= 15 is 0 Å². The molecule has 0 saturated carbocycles. The third-order valence-electron chi connectivity index (χ3n) is 4.18. The molecule has 4 nitrogen and oxygen atoms in total. The van der Waals surface area contributed by atoms with E-state index in [4.69, 9.17) is 4.74 Å². The van der Waals surface area contributed by atoms with E-state index in [2.05, 4.69) is 0 Å². The van der Waals surface area contributed by atoms with Crippen molar-refractivity contribution in [3.63, 3.8) is 0 Å². The Morgan fingerprint density at radius 1 is 1.00 bits per heavy atom. The number of esters is 1. The van der Waals surface area contributed by atoms with Crippen LogP contribution in [0.4, 0.5) is 13.2 Å². The highest BCUT2D eigenvalue weighted by molar-refractivity contribution is 7.90. The second kappa shape index (κ2) is 6.53. The number of sulfone groups is 1. The van der Waals surface area contributed by atoms with E-state index in [-0.39, 0.29) is 27.8 Å². The molecule has 0 atom stereocenters. The first kappa shape index (κ1) is 19.2. The molecule has 8 heteroatoms. The van der Waals surface area contributed by atoms with Crippen molar-refractivity contribution < 1.29 is 31.1 Å². The Labute approximate surface area is 153 Å². The lowest BCUT2D eigenvalue weighted by molar-refractivity contribution is -0.137. The van der Waals surface area contributed by atoms with Crippen molar-refractivity contribution in [1.29, 1.82) is 0 Å². The summed E-state index contributed by atoms with van der Waals surface area (Å²) in [5.74, 6) is -0.656. The van der Waals surface area contributed by atoms with Gasteiger partial charge in [-0.15, -0.1) is 0 Å². The Balaban J connectivity index is 2.45. The molecule has 3 rings (SSSR count). The Morgan fingerprint density at radius 3 is 2.30 bits per heavy atom. The number of rotatable bonds is 3. The lowest BCUT2D eigenvalue weighted by Crippen LogP contribution is -2.08. The number of carbonyl (C=O) groups excluding carboxylic acids is 1. The lowest BCUT2D eigenvalue weighted by Gasteiger charge is -2.13. The molecule has 0 aromatic heterocycles. The molecule has 27 heavy (non-hydrogen) atoms. The number of hydrogen-bond acceptors (Lipinski definition) is 4. The third-order valence-corrected chi connectivity index (χ3v) is 5.29. The van der Waals surface area contributed by atoms with Crippen LogP contribution >= 0.6 is 0 Å². The maximum atomic E-state index is 13.2. The van der Waals surface area contributed by atoms with Crippen LogP contribution in [0.3, 0.4) is 0 Å². The fourth-order valence-electron chi connectivity index (χ4n) is 2.91. The fraction of sp³-hybridized carbons (Fsp3) is 0.211. The predicted molar refractivity (Wildman–Crippen MR) is 95.5 cm³/mol. The number of carbonyl (C=O) groups is 1. The van der Waals surface area contributed by atoms with Gasteiger partial charge in [-0.25, -0.2) is 13.2 Å². The van der Waals surface area contributed by atoms with Crippen molar-refractivity contribution >= 4 is 37.4 Å². The van der Waals surface area contributed by atoms with Gasteiger partial charge in [0.05, 0.1) is 22.6 Å². The van der Waals surface area contributed by atoms with Crippen LogP contribution in [0.1, 0.15) is 22.8 Å². The maximum Gasteiger partial charge on any atom is 0.416 e.